The van der Waals surface area contributed by atoms with E-state index in [0.717, 1.165) is 6.07 Å². The van der Waals surface area contributed by atoms with Gasteiger partial charge in [-0.25, -0.2) is 4.39 Å². The number of hydrogen-bond acceptors (Lipinski definition) is 2. The first-order chi connectivity index (χ1) is 9.77. The van der Waals surface area contributed by atoms with Crippen LogP contribution in [0, 0.1) is 5.82 Å². The molecule has 0 saturated heterocycles. The van der Waals surface area contributed by atoms with E-state index in [-0.39, 0.29) is 23.0 Å². The topological polar surface area (TPSA) is 32.3 Å². The van der Waals surface area contributed by atoms with Crippen LogP contribution in [0.5, 0.6) is 5.75 Å². The third kappa shape index (κ3) is 3.78. The molecule has 0 heterocycles. The molecule has 0 atom stereocenters. The summed E-state index contributed by atoms with van der Waals surface area (Å²) in [5.74, 6) is -0.890. The number of phenolic OH excluding ortho intramolecular Hbond substituents is 1. The van der Waals surface area contributed by atoms with Gasteiger partial charge in [-0.2, -0.15) is 13.2 Å². The van der Waals surface area contributed by atoms with Crippen molar-refractivity contribution in [3.63, 3.8) is 0 Å². The van der Waals surface area contributed by atoms with Crippen molar-refractivity contribution >= 4 is 17.3 Å². The summed E-state index contributed by atoms with van der Waals surface area (Å²) in [5, 5.41) is 11.9. The van der Waals surface area contributed by atoms with E-state index in [2.05, 4.69) is 5.32 Å². The van der Waals surface area contributed by atoms with Gasteiger partial charge in [-0.3, -0.25) is 0 Å². The number of rotatable bonds is 3. The highest BCUT2D eigenvalue weighted by atomic mass is 35.5. The van der Waals surface area contributed by atoms with Crippen molar-refractivity contribution in [2.24, 2.45) is 0 Å². The van der Waals surface area contributed by atoms with Crippen molar-refractivity contribution in [1.82, 2.24) is 0 Å². The summed E-state index contributed by atoms with van der Waals surface area (Å²) in [7, 11) is 0. The van der Waals surface area contributed by atoms with E-state index in [1.54, 1.807) is 0 Å². The van der Waals surface area contributed by atoms with Crippen LogP contribution < -0.4 is 5.32 Å². The van der Waals surface area contributed by atoms with Crippen molar-refractivity contribution < 1.29 is 22.7 Å². The van der Waals surface area contributed by atoms with Gasteiger partial charge in [-0.05, 0) is 35.9 Å². The SMILES string of the molecule is Oc1ccc(CNc2cc(C(F)(F)F)ccc2F)cc1Cl. The summed E-state index contributed by atoms with van der Waals surface area (Å²) in [6.45, 7) is 0.0677. The number of hydrogen-bond donors (Lipinski definition) is 2. The van der Waals surface area contributed by atoms with Crippen molar-refractivity contribution in [2.75, 3.05) is 5.32 Å². The van der Waals surface area contributed by atoms with Crippen LogP contribution in [0.25, 0.3) is 0 Å². The van der Waals surface area contributed by atoms with Gasteiger partial charge >= 0.3 is 6.18 Å². The average Bonchev–Trinajstić information content (AvgIpc) is 2.40. The first-order valence-electron chi connectivity index (χ1n) is 5.85. The molecule has 7 heteroatoms. The van der Waals surface area contributed by atoms with Gasteiger partial charge in [0.25, 0.3) is 0 Å². The van der Waals surface area contributed by atoms with Gasteiger partial charge in [-0.15, -0.1) is 0 Å². The zero-order chi connectivity index (χ0) is 15.6. The Kier molecular flexibility index (Phi) is 4.27. The molecule has 2 nitrogen and oxygen atoms in total. The highest BCUT2D eigenvalue weighted by Gasteiger charge is 2.31. The second-order valence-electron chi connectivity index (χ2n) is 4.33. The fraction of sp³-hybridized carbons (Fsp3) is 0.143. The molecular weight excluding hydrogens is 310 g/mol. The van der Waals surface area contributed by atoms with E-state index in [9.17, 15) is 22.7 Å². The normalized spacial score (nSPS) is 11.5. The Balaban J connectivity index is 2.17. The number of benzene rings is 2. The number of aromatic hydroxyl groups is 1. The molecule has 0 spiro atoms. The second-order valence-corrected chi connectivity index (χ2v) is 4.74. The van der Waals surface area contributed by atoms with Crippen molar-refractivity contribution in [3.8, 4) is 5.75 Å². The molecule has 0 aliphatic carbocycles. The molecule has 2 rings (SSSR count). The van der Waals surface area contributed by atoms with Crippen LogP contribution in [-0.2, 0) is 12.7 Å². The van der Waals surface area contributed by atoms with Crippen LogP contribution in [-0.4, -0.2) is 5.11 Å². The van der Waals surface area contributed by atoms with Crippen molar-refractivity contribution in [1.29, 1.82) is 0 Å². The van der Waals surface area contributed by atoms with Crippen molar-refractivity contribution in [3.05, 3.63) is 58.4 Å². The molecule has 0 aromatic heterocycles. The van der Waals surface area contributed by atoms with E-state index < -0.39 is 17.6 Å². The van der Waals surface area contributed by atoms with Crippen LogP contribution in [0.2, 0.25) is 5.02 Å². The van der Waals surface area contributed by atoms with E-state index in [0.29, 0.717) is 17.7 Å². The minimum atomic E-state index is -4.54. The lowest BCUT2D eigenvalue weighted by Crippen LogP contribution is -2.08. The molecular formula is C14H10ClF4NO. The van der Waals surface area contributed by atoms with Gasteiger partial charge in [0, 0.05) is 6.54 Å². The van der Waals surface area contributed by atoms with Gasteiger partial charge in [0.15, 0.2) is 0 Å². The predicted octanol–water partition coefficient (Wildman–Crippen LogP) is 4.82. The molecule has 0 aliphatic rings. The summed E-state index contributed by atoms with van der Waals surface area (Å²) in [4.78, 5) is 0. The summed E-state index contributed by atoms with van der Waals surface area (Å²) in [5.41, 5.74) is -0.598. The summed E-state index contributed by atoms with van der Waals surface area (Å²) in [6.07, 6.45) is -4.54. The standard InChI is InChI=1S/C14H10ClF4NO/c15-10-5-8(1-4-13(10)21)7-20-12-6-9(14(17,18)19)2-3-11(12)16/h1-6,20-21H,7H2. The van der Waals surface area contributed by atoms with Crippen LogP contribution in [0.1, 0.15) is 11.1 Å². The third-order valence-corrected chi connectivity index (χ3v) is 3.09. The van der Waals surface area contributed by atoms with Crippen LogP contribution in [0.3, 0.4) is 0 Å². The summed E-state index contributed by atoms with van der Waals surface area (Å²) < 4.78 is 51.2. The Hall–Kier alpha value is -1.95. The molecule has 0 unspecified atom stereocenters. The Morgan fingerprint density at radius 1 is 1.10 bits per heavy atom. The number of anilines is 1. The van der Waals surface area contributed by atoms with Crippen LogP contribution >= 0.6 is 11.6 Å². The molecule has 2 aromatic rings. The quantitative estimate of drug-likeness (QED) is 0.795. The zero-order valence-corrected chi connectivity index (χ0v) is 11.3. The van der Waals surface area contributed by atoms with Crippen LogP contribution in [0.4, 0.5) is 23.2 Å². The predicted molar refractivity (Wildman–Crippen MR) is 71.8 cm³/mol. The van der Waals surface area contributed by atoms with E-state index in [1.807, 2.05) is 0 Å². The monoisotopic (exact) mass is 319 g/mol. The fourth-order valence-corrected chi connectivity index (χ4v) is 1.90. The molecule has 112 valence electrons. The number of nitrogens with one attached hydrogen (secondary N) is 1. The zero-order valence-electron chi connectivity index (χ0n) is 10.5. The van der Waals surface area contributed by atoms with Gasteiger partial charge < -0.3 is 10.4 Å². The van der Waals surface area contributed by atoms with Gasteiger partial charge in [0.2, 0.25) is 0 Å². The number of phenols is 1. The maximum atomic E-state index is 13.5. The minimum absolute atomic E-state index is 0.0677. The maximum absolute atomic E-state index is 13.5. The largest absolute Gasteiger partial charge is 0.506 e. The molecule has 2 aromatic carbocycles. The van der Waals surface area contributed by atoms with E-state index in [4.69, 9.17) is 11.6 Å². The first kappa shape index (κ1) is 15.4. The Morgan fingerprint density at radius 3 is 2.43 bits per heavy atom. The molecule has 0 amide bonds. The Bertz CT molecular complexity index is 658. The Morgan fingerprint density at radius 2 is 1.81 bits per heavy atom. The average molecular weight is 320 g/mol. The first-order valence-corrected chi connectivity index (χ1v) is 6.23. The Labute approximate surface area is 123 Å². The van der Waals surface area contributed by atoms with E-state index >= 15 is 0 Å². The van der Waals surface area contributed by atoms with E-state index in [1.165, 1.54) is 18.2 Å². The fourth-order valence-electron chi connectivity index (χ4n) is 1.69. The second kappa shape index (κ2) is 5.81. The summed E-state index contributed by atoms with van der Waals surface area (Å²) in [6, 6.07) is 6.46. The minimum Gasteiger partial charge on any atom is -0.506 e. The lowest BCUT2D eigenvalue weighted by molar-refractivity contribution is -0.137. The molecule has 0 radical (unpaired) electrons. The highest BCUT2D eigenvalue weighted by molar-refractivity contribution is 6.32. The molecule has 0 saturated carbocycles. The molecule has 2 N–H and O–H groups in total. The smallest absolute Gasteiger partial charge is 0.416 e. The lowest BCUT2D eigenvalue weighted by atomic mass is 10.1. The van der Waals surface area contributed by atoms with Gasteiger partial charge in [0.05, 0.1) is 16.3 Å². The summed E-state index contributed by atoms with van der Waals surface area (Å²) >= 11 is 5.71. The molecule has 21 heavy (non-hydrogen) atoms. The van der Waals surface area contributed by atoms with Gasteiger partial charge in [0.1, 0.15) is 11.6 Å². The van der Waals surface area contributed by atoms with Crippen molar-refractivity contribution in [2.45, 2.75) is 12.7 Å². The lowest BCUT2D eigenvalue weighted by Gasteiger charge is -2.12. The van der Waals surface area contributed by atoms with Gasteiger partial charge in [-0.1, -0.05) is 17.7 Å². The molecule has 0 bridgehead atoms. The molecule has 0 aliphatic heterocycles. The highest BCUT2D eigenvalue weighted by Crippen LogP contribution is 2.32. The van der Waals surface area contributed by atoms with Crippen LogP contribution in [0.15, 0.2) is 36.4 Å². The number of halogens is 5. The molecule has 0 fully saturated rings. The maximum Gasteiger partial charge on any atom is 0.416 e. The number of alkyl halides is 3. The third-order valence-electron chi connectivity index (χ3n) is 2.79.